The molecule has 0 unspecified atom stereocenters. The first-order valence-electron chi connectivity index (χ1n) is 10.1. The lowest BCUT2D eigenvalue weighted by Crippen LogP contribution is -2.21. The molecule has 0 aromatic heterocycles. The monoisotopic (exact) mass is 397 g/mol. The van der Waals surface area contributed by atoms with E-state index in [9.17, 15) is 9.59 Å². The van der Waals surface area contributed by atoms with Crippen molar-refractivity contribution in [3.05, 3.63) is 53.1 Å². The quantitative estimate of drug-likeness (QED) is 0.677. The van der Waals surface area contributed by atoms with E-state index in [2.05, 4.69) is 5.32 Å². The molecule has 29 heavy (non-hydrogen) atoms. The molecule has 0 atom stereocenters. The Morgan fingerprint density at radius 2 is 1.62 bits per heavy atom. The van der Waals surface area contributed by atoms with Crippen LogP contribution in [0.5, 0.6) is 11.5 Å². The number of hydrogen-bond donors (Lipinski definition) is 1. The first-order chi connectivity index (χ1) is 14.1. The van der Waals surface area contributed by atoms with Crippen molar-refractivity contribution < 1.29 is 23.8 Å². The Bertz CT molecular complexity index is 878. The maximum Gasteiger partial charge on any atom is 0.338 e. The standard InChI is InChI=1S/C23H27NO5/c1-3-27-20-12-11-19(14-21(20)28-4-2)24-22(25)15-29-23(26)18-10-9-16-7-5-6-8-17(16)13-18/h9-14H,3-8,15H2,1-2H3,(H,24,25). The fourth-order valence-corrected chi connectivity index (χ4v) is 3.40. The van der Waals surface area contributed by atoms with E-state index in [1.165, 1.54) is 17.5 Å². The van der Waals surface area contributed by atoms with Crippen molar-refractivity contribution >= 4 is 17.6 Å². The van der Waals surface area contributed by atoms with Crippen LogP contribution in [-0.4, -0.2) is 31.7 Å². The summed E-state index contributed by atoms with van der Waals surface area (Å²) in [6, 6.07) is 10.8. The van der Waals surface area contributed by atoms with E-state index in [0.717, 1.165) is 19.3 Å². The fraction of sp³-hybridized carbons (Fsp3) is 0.391. The zero-order valence-electron chi connectivity index (χ0n) is 17.0. The van der Waals surface area contributed by atoms with Crippen molar-refractivity contribution in [3.8, 4) is 11.5 Å². The van der Waals surface area contributed by atoms with Gasteiger partial charge < -0.3 is 19.5 Å². The lowest BCUT2D eigenvalue weighted by molar-refractivity contribution is -0.119. The lowest BCUT2D eigenvalue weighted by atomic mass is 9.90. The number of benzene rings is 2. The van der Waals surface area contributed by atoms with E-state index in [4.69, 9.17) is 14.2 Å². The number of carbonyl (C=O) groups excluding carboxylic acids is 2. The van der Waals surface area contributed by atoms with Gasteiger partial charge in [-0.05, 0) is 74.9 Å². The van der Waals surface area contributed by atoms with Crippen molar-refractivity contribution in [2.75, 3.05) is 25.1 Å². The van der Waals surface area contributed by atoms with Gasteiger partial charge in [-0.1, -0.05) is 6.07 Å². The van der Waals surface area contributed by atoms with Gasteiger partial charge in [-0.3, -0.25) is 4.79 Å². The molecule has 154 valence electrons. The topological polar surface area (TPSA) is 73.9 Å². The second-order valence-electron chi connectivity index (χ2n) is 6.84. The number of ether oxygens (including phenoxy) is 3. The van der Waals surface area contributed by atoms with Crippen molar-refractivity contribution in [3.63, 3.8) is 0 Å². The van der Waals surface area contributed by atoms with Gasteiger partial charge in [-0.2, -0.15) is 0 Å². The Kier molecular flexibility index (Phi) is 7.11. The summed E-state index contributed by atoms with van der Waals surface area (Å²) < 4.78 is 16.2. The molecule has 2 aromatic carbocycles. The maximum atomic E-state index is 12.3. The SMILES string of the molecule is CCOc1ccc(NC(=O)COC(=O)c2ccc3c(c2)CCCC3)cc1OCC. The van der Waals surface area contributed by atoms with Gasteiger partial charge in [0, 0.05) is 11.8 Å². The fourth-order valence-electron chi connectivity index (χ4n) is 3.40. The molecule has 0 saturated carbocycles. The van der Waals surface area contributed by atoms with E-state index in [1.54, 1.807) is 24.3 Å². The second-order valence-corrected chi connectivity index (χ2v) is 6.84. The van der Waals surface area contributed by atoms with E-state index < -0.39 is 11.9 Å². The number of amides is 1. The van der Waals surface area contributed by atoms with Gasteiger partial charge in [-0.25, -0.2) is 4.79 Å². The smallest absolute Gasteiger partial charge is 0.338 e. The zero-order valence-corrected chi connectivity index (χ0v) is 17.0. The first kappa shape index (κ1) is 20.7. The Morgan fingerprint density at radius 3 is 2.38 bits per heavy atom. The molecule has 0 aliphatic heterocycles. The molecule has 0 radical (unpaired) electrons. The van der Waals surface area contributed by atoms with Gasteiger partial charge in [0.15, 0.2) is 18.1 Å². The average molecular weight is 397 g/mol. The zero-order chi connectivity index (χ0) is 20.6. The van der Waals surface area contributed by atoms with Crippen LogP contribution in [0.3, 0.4) is 0 Å². The Hall–Kier alpha value is -3.02. The van der Waals surface area contributed by atoms with Crippen LogP contribution in [0.1, 0.15) is 48.2 Å². The first-order valence-corrected chi connectivity index (χ1v) is 10.1. The second kappa shape index (κ2) is 9.96. The molecule has 6 nitrogen and oxygen atoms in total. The van der Waals surface area contributed by atoms with Crippen LogP contribution >= 0.6 is 0 Å². The van der Waals surface area contributed by atoms with Crippen molar-refractivity contribution in [2.24, 2.45) is 0 Å². The summed E-state index contributed by atoms with van der Waals surface area (Å²) in [7, 11) is 0. The molecule has 0 fully saturated rings. The Balaban J connectivity index is 1.57. The third-order valence-electron chi connectivity index (χ3n) is 4.75. The van der Waals surface area contributed by atoms with Crippen molar-refractivity contribution in [1.29, 1.82) is 0 Å². The Morgan fingerprint density at radius 1 is 0.897 bits per heavy atom. The average Bonchev–Trinajstić information content (AvgIpc) is 2.74. The van der Waals surface area contributed by atoms with Gasteiger partial charge in [0.05, 0.1) is 18.8 Å². The molecule has 0 saturated heterocycles. The summed E-state index contributed by atoms with van der Waals surface area (Å²) >= 11 is 0. The van der Waals surface area contributed by atoms with Gasteiger partial charge in [-0.15, -0.1) is 0 Å². The Labute approximate surface area is 171 Å². The number of fused-ring (bicyclic) bond motifs is 1. The number of rotatable bonds is 8. The largest absolute Gasteiger partial charge is 0.490 e. The van der Waals surface area contributed by atoms with E-state index >= 15 is 0 Å². The minimum atomic E-state index is -0.491. The summed E-state index contributed by atoms with van der Waals surface area (Å²) in [5.74, 6) is 0.266. The summed E-state index contributed by atoms with van der Waals surface area (Å²) in [6.07, 6.45) is 4.36. The van der Waals surface area contributed by atoms with Gasteiger partial charge in [0.1, 0.15) is 0 Å². The van der Waals surface area contributed by atoms with E-state index in [-0.39, 0.29) is 6.61 Å². The highest BCUT2D eigenvalue weighted by Crippen LogP contribution is 2.30. The minimum Gasteiger partial charge on any atom is -0.490 e. The molecule has 1 amide bonds. The lowest BCUT2D eigenvalue weighted by Gasteiger charge is -2.16. The van der Waals surface area contributed by atoms with Crippen LogP contribution < -0.4 is 14.8 Å². The highest BCUT2D eigenvalue weighted by molar-refractivity contribution is 5.95. The van der Waals surface area contributed by atoms with E-state index in [0.29, 0.717) is 36.0 Å². The summed E-state index contributed by atoms with van der Waals surface area (Å²) in [6.45, 7) is 4.41. The molecule has 0 spiro atoms. The molecule has 1 aliphatic rings. The van der Waals surface area contributed by atoms with Crippen LogP contribution in [0, 0.1) is 0 Å². The number of anilines is 1. The molecule has 3 rings (SSSR count). The van der Waals surface area contributed by atoms with Crippen molar-refractivity contribution in [2.45, 2.75) is 39.5 Å². The van der Waals surface area contributed by atoms with Crippen LogP contribution in [0.4, 0.5) is 5.69 Å². The van der Waals surface area contributed by atoms with Crippen LogP contribution in [0.15, 0.2) is 36.4 Å². The molecule has 1 aliphatic carbocycles. The minimum absolute atomic E-state index is 0.354. The maximum absolute atomic E-state index is 12.3. The molecule has 6 heteroatoms. The molecule has 2 aromatic rings. The third-order valence-corrected chi connectivity index (χ3v) is 4.75. The number of hydrogen-bond acceptors (Lipinski definition) is 5. The molecular weight excluding hydrogens is 370 g/mol. The number of aryl methyl sites for hydroxylation is 2. The summed E-state index contributed by atoms with van der Waals surface area (Å²) in [4.78, 5) is 24.5. The molecular formula is C23H27NO5. The summed E-state index contributed by atoms with van der Waals surface area (Å²) in [5, 5.41) is 2.72. The van der Waals surface area contributed by atoms with Gasteiger partial charge >= 0.3 is 5.97 Å². The van der Waals surface area contributed by atoms with E-state index in [1.807, 2.05) is 26.0 Å². The number of esters is 1. The predicted octanol–water partition coefficient (Wildman–Crippen LogP) is 4.16. The highest BCUT2D eigenvalue weighted by Gasteiger charge is 2.15. The van der Waals surface area contributed by atoms with Crippen molar-refractivity contribution in [1.82, 2.24) is 0 Å². The predicted molar refractivity (Wildman–Crippen MR) is 111 cm³/mol. The van der Waals surface area contributed by atoms with Crippen LogP contribution in [0.25, 0.3) is 0 Å². The van der Waals surface area contributed by atoms with Gasteiger partial charge in [0.25, 0.3) is 5.91 Å². The molecule has 0 heterocycles. The molecule has 0 bridgehead atoms. The molecule has 1 N–H and O–H groups in total. The van der Waals surface area contributed by atoms with Crippen LogP contribution in [-0.2, 0) is 22.4 Å². The van der Waals surface area contributed by atoms with Crippen LogP contribution in [0.2, 0.25) is 0 Å². The highest BCUT2D eigenvalue weighted by atomic mass is 16.5. The third kappa shape index (κ3) is 5.50. The van der Waals surface area contributed by atoms with Gasteiger partial charge in [0.2, 0.25) is 0 Å². The normalized spacial score (nSPS) is 12.6. The summed E-state index contributed by atoms with van der Waals surface area (Å²) in [5.41, 5.74) is 3.53. The number of nitrogens with one attached hydrogen (secondary N) is 1. The number of carbonyl (C=O) groups is 2.